The number of carbonyl (C=O) groups excluding carboxylic acids is 1. The summed E-state index contributed by atoms with van der Waals surface area (Å²) in [6.45, 7) is 5.43. The van der Waals surface area contributed by atoms with E-state index >= 15 is 0 Å². The second-order valence-electron chi connectivity index (χ2n) is 5.14. The molecule has 4 nitrogen and oxygen atoms in total. The quantitative estimate of drug-likeness (QED) is 0.794. The van der Waals surface area contributed by atoms with E-state index in [1.807, 2.05) is 39.0 Å². The number of anilines is 1. The van der Waals surface area contributed by atoms with Crippen molar-refractivity contribution in [1.82, 2.24) is 4.98 Å². The van der Waals surface area contributed by atoms with E-state index in [1.165, 1.54) is 0 Å². The molecular weight excluding hydrogens is 264 g/mol. The average molecular weight is 279 g/mol. The molecule has 0 saturated carbocycles. The van der Waals surface area contributed by atoms with Gasteiger partial charge in [-0.1, -0.05) is 23.7 Å². The van der Waals surface area contributed by atoms with E-state index in [-0.39, 0.29) is 0 Å². The summed E-state index contributed by atoms with van der Waals surface area (Å²) in [4.78, 5) is 16.0. The highest BCUT2D eigenvalue weighted by Gasteiger charge is 2.17. The van der Waals surface area contributed by atoms with Crippen molar-refractivity contribution in [2.45, 2.75) is 26.4 Å². The van der Waals surface area contributed by atoms with Gasteiger partial charge in [0.2, 0.25) is 0 Å². The van der Waals surface area contributed by atoms with E-state index in [0.717, 1.165) is 5.39 Å². The molecule has 2 rings (SSSR count). The van der Waals surface area contributed by atoms with Crippen molar-refractivity contribution >= 4 is 34.3 Å². The number of ether oxygens (including phenoxy) is 1. The van der Waals surface area contributed by atoms with Gasteiger partial charge in [-0.05, 0) is 39.0 Å². The molecule has 0 unspecified atom stereocenters. The molecule has 5 heteroatoms. The van der Waals surface area contributed by atoms with E-state index in [0.29, 0.717) is 16.4 Å². The number of carbonyl (C=O) groups is 1. The van der Waals surface area contributed by atoms with Crippen LogP contribution in [0, 0.1) is 0 Å². The molecule has 0 aliphatic heterocycles. The summed E-state index contributed by atoms with van der Waals surface area (Å²) in [5.74, 6) is 0. The van der Waals surface area contributed by atoms with Gasteiger partial charge in [-0.15, -0.1) is 0 Å². The van der Waals surface area contributed by atoms with Crippen molar-refractivity contribution in [2.24, 2.45) is 0 Å². The molecule has 1 amide bonds. The number of para-hydroxylation sites is 1. The number of hydrogen-bond donors (Lipinski definition) is 1. The SMILES string of the molecule is CC(C)(C)OC(=O)Nc1cccc2ccc(Cl)nc12. The lowest BCUT2D eigenvalue weighted by Crippen LogP contribution is -2.27. The van der Waals surface area contributed by atoms with E-state index < -0.39 is 11.7 Å². The topological polar surface area (TPSA) is 51.2 Å². The molecule has 19 heavy (non-hydrogen) atoms. The van der Waals surface area contributed by atoms with Gasteiger partial charge in [-0.25, -0.2) is 9.78 Å². The first-order chi connectivity index (χ1) is 8.85. The standard InChI is InChI=1S/C14H15ClN2O2/c1-14(2,3)19-13(18)16-10-6-4-5-9-7-8-11(15)17-12(9)10/h4-8H,1-3H3,(H,16,18). The summed E-state index contributed by atoms with van der Waals surface area (Å²) in [5.41, 5.74) is 0.676. The number of hydrogen-bond acceptors (Lipinski definition) is 3. The summed E-state index contributed by atoms with van der Waals surface area (Å²) in [6.07, 6.45) is -0.512. The molecule has 0 aliphatic rings. The zero-order valence-electron chi connectivity index (χ0n) is 11.0. The number of pyridine rings is 1. The summed E-state index contributed by atoms with van der Waals surface area (Å²) >= 11 is 5.88. The molecule has 1 N–H and O–H groups in total. The molecule has 100 valence electrons. The molecule has 1 aromatic heterocycles. The third kappa shape index (κ3) is 3.58. The maximum atomic E-state index is 11.8. The van der Waals surface area contributed by atoms with E-state index in [2.05, 4.69) is 10.3 Å². The molecule has 0 bridgehead atoms. The molecule has 1 aromatic carbocycles. The number of amides is 1. The number of benzene rings is 1. The van der Waals surface area contributed by atoms with Gasteiger partial charge in [0.15, 0.2) is 0 Å². The largest absolute Gasteiger partial charge is 0.444 e. The van der Waals surface area contributed by atoms with Crippen LogP contribution in [0.2, 0.25) is 5.15 Å². The lowest BCUT2D eigenvalue weighted by atomic mass is 10.2. The van der Waals surface area contributed by atoms with Gasteiger partial charge in [0.1, 0.15) is 10.8 Å². The predicted molar refractivity (Wildman–Crippen MR) is 76.6 cm³/mol. The molecule has 2 aromatic rings. The number of rotatable bonds is 1. The molecule has 0 atom stereocenters. The summed E-state index contributed by atoms with van der Waals surface area (Å²) < 4.78 is 5.21. The van der Waals surface area contributed by atoms with Gasteiger partial charge in [0, 0.05) is 5.39 Å². The molecular formula is C14H15ClN2O2. The van der Waals surface area contributed by atoms with Crippen LogP contribution < -0.4 is 5.32 Å². The smallest absolute Gasteiger partial charge is 0.412 e. The molecule has 0 spiro atoms. The van der Waals surface area contributed by atoms with Crippen molar-refractivity contribution in [1.29, 1.82) is 0 Å². The Morgan fingerprint density at radius 3 is 2.68 bits per heavy atom. The van der Waals surface area contributed by atoms with Gasteiger partial charge in [-0.3, -0.25) is 5.32 Å². The highest BCUT2D eigenvalue weighted by Crippen LogP contribution is 2.23. The van der Waals surface area contributed by atoms with Crippen LogP contribution in [0.3, 0.4) is 0 Å². The number of nitrogens with zero attached hydrogens (tertiary/aromatic N) is 1. The Morgan fingerprint density at radius 1 is 1.26 bits per heavy atom. The molecule has 0 fully saturated rings. The third-order valence-corrected chi connectivity index (χ3v) is 2.53. The maximum absolute atomic E-state index is 11.8. The Hall–Kier alpha value is -1.81. The molecule has 1 heterocycles. The first-order valence-electron chi connectivity index (χ1n) is 5.90. The Bertz CT molecular complexity index is 620. The van der Waals surface area contributed by atoms with Gasteiger partial charge in [-0.2, -0.15) is 0 Å². The van der Waals surface area contributed by atoms with Crippen molar-refractivity contribution < 1.29 is 9.53 Å². The van der Waals surface area contributed by atoms with Crippen LogP contribution in [-0.2, 0) is 4.74 Å². The van der Waals surface area contributed by atoms with Gasteiger partial charge in [0.05, 0.1) is 11.2 Å². The first kappa shape index (κ1) is 13.6. The Morgan fingerprint density at radius 2 is 2.00 bits per heavy atom. The Balaban J connectivity index is 2.30. The van der Waals surface area contributed by atoms with Crippen LogP contribution in [0.4, 0.5) is 10.5 Å². The molecule has 0 radical (unpaired) electrons. The molecule has 0 saturated heterocycles. The summed E-state index contributed by atoms with van der Waals surface area (Å²) in [5, 5.41) is 3.97. The summed E-state index contributed by atoms with van der Waals surface area (Å²) in [6, 6.07) is 9.06. The van der Waals surface area contributed by atoms with E-state index in [9.17, 15) is 4.79 Å². The maximum Gasteiger partial charge on any atom is 0.412 e. The fourth-order valence-corrected chi connectivity index (χ4v) is 1.79. The van der Waals surface area contributed by atoms with E-state index in [4.69, 9.17) is 16.3 Å². The first-order valence-corrected chi connectivity index (χ1v) is 6.28. The van der Waals surface area contributed by atoms with Crippen LogP contribution in [0.5, 0.6) is 0 Å². The van der Waals surface area contributed by atoms with Gasteiger partial charge < -0.3 is 4.74 Å². The number of fused-ring (bicyclic) bond motifs is 1. The van der Waals surface area contributed by atoms with Gasteiger partial charge >= 0.3 is 6.09 Å². The van der Waals surface area contributed by atoms with Crippen LogP contribution in [0.15, 0.2) is 30.3 Å². The second kappa shape index (κ2) is 5.05. The zero-order valence-corrected chi connectivity index (χ0v) is 11.8. The Labute approximate surface area is 116 Å². The minimum absolute atomic E-state index is 0.380. The van der Waals surface area contributed by atoms with Crippen LogP contribution in [-0.4, -0.2) is 16.7 Å². The number of nitrogens with one attached hydrogen (secondary N) is 1. The van der Waals surface area contributed by atoms with Crippen LogP contribution in [0.1, 0.15) is 20.8 Å². The highest BCUT2D eigenvalue weighted by molar-refractivity contribution is 6.29. The predicted octanol–water partition coefficient (Wildman–Crippen LogP) is 4.24. The lowest BCUT2D eigenvalue weighted by Gasteiger charge is -2.20. The van der Waals surface area contributed by atoms with Crippen molar-refractivity contribution in [3.05, 3.63) is 35.5 Å². The zero-order chi connectivity index (χ0) is 14.0. The third-order valence-electron chi connectivity index (χ3n) is 2.32. The summed E-state index contributed by atoms with van der Waals surface area (Å²) in [7, 11) is 0. The minimum atomic E-state index is -0.542. The Kier molecular flexibility index (Phi) is 3.62. The lowest BCUT2D eigenvalue weighted by molar-refractivity contribution is 0.0636. The molecule has 0 aliphatic carbocycles. The van der Waals surface area contributed by atoms with Crippen LogP contribution in [0.25, 0.3) is 10.9 Å². The van der Waals surface area contributed by atoms with Crippen LogP contribution >= 0.6 is 11.6 Å². The monoisotopic (exact) mass is 278 g/mol. The van der Waals surface area contributed by atoms with Crippen molar-refractivity contribution in [3.63, 3.8) is 0 Å². The van der Waals surface area contributed by atoms with Crippen molar-refractivity contribution in [3.8, 4) is 0 Å². The average Bonchev–Trinajstić information content (AvgIpc) is 2.27. The fraction of sp³-hybridized carbons (Fsp3) is 0.286. The number of halogens is 1. The highest BCUT2D eigenvalue weighted by atomic mass is 35.5. The minimum Gasteiger partial charge on any atom is -0.444 e. The van der Waals surface area contributed by atoms with E-state index in [1.54, 1.807) is 12.1 Å². The normalized spacial score (nSPS) is 11.4. The number of aromatic nitrogens is 1. The van der Waals surface area contributed by atoms with Crippen molar-refractivity contribution in [2.75, 3.05) is 5.32 Å². The van der Waals surface area contributed by atoms with Gasteiger partial charge in [0.25, 0.3) is 0 Å². The second-order valence-corrected chi connectivity index (χ2v) is 5.53. The fourth-order valence-electron chi connectivity index (χ4n) is 1.64.